The zero-order valence-corrected chi connectivity index (χ0v) is 15.5. The number of halogens is 2. The highest BCUT2D eigenvalue weighted by molar-refractivity contribution is 5.93. The molecule has 0 aliphatic carbocycles. The van der Waals surface area contributed by atoms with Crippen LogP contribution in [0.15, 0.2) is 24.4 Å². The van der Waals surface area contributed by atoms with Crippen LogP contribution in [0.5, 0.6) is 0 Å². The second kappa shape index (κ2) is 8.58. The van der Waals surface area contributed by atoms with Gasteiger partial charge < -0.3 is 15.0 Å². The Morgan fingerprint density at radius 1 is 1.37 bits per heavy atom. The van der Waals surface area contributed by atoms with Crippen LogP contribution < -0.4 is 5.32 Å². The fraction of sp³-hybridized carbons (Fsp3) is 0.474. The summed E-state index contributed by atoms with van der Waals surface area (Å²) < 4.78 is 34.1. The van der Waals surface area contributed by atoms with E-state index in [9.17, 15) is 13.6 Å². The van der Waals surface area contributed by atoms with Crippen LogP contribution >= 0.6 is 0 Å². The van der Waals surface area contributed by atoms with Gasteiger partial charge in [-0.15, -0.1) is 0 Å². The van der Waals surface area contributed by atoms with Gasteiger partial charge in [0.15, 0.2) is 17.3 Å². The Bertz CT molecular complexity index is 789. The number of hydrogen-bond acceptors (Lipinski definition) is 4. The summed E-state index contributed by atoms with van der Waals surface area (Å²) in [6.45, 7) is 5.73. The molecule has 1 atom stereocenters. The number of para-hydroxylation sites is 1. The van der Waals surface area contributed by atoms with Crippen molar-refractivity contribution >= 4 is 5.91 Å². The third kappa shape index (κ3) is 4.51. The number of methoxy groups -OCH3 is 1. The summed E-state index contributed by atoms with van der Waals surface area (Å²) in [6, 6.07) is 3.60. The van der Waals surface area contributed by atoms with Crippen molar-refractivity contribution in [1.82, 2.24) is 20.0 Å². The fourth-order valence-corrected chi connectivity index (χ4v) is 3.33. The third-order valence-electron chi connectivity index (χ3n) is 4.81. The van der Waals surface area contributed by atoms with Crippen LogP contribution in [0.2, 0.25) is 0 Å². The predicted molar refractivity (Wildman–Crippen MR) is 97.0 cm³/mol. The van der Waals surface area contributed by atoms with Gasteiger partial charge in [-0.05, 0) is 37.9 Å². The second-order valence-electron chi connectivity index (χ2n) is 6.83. The Balaban J connectivity index is 1.62. The van der Waals surface area contributed by atoms with Gasteiger partial charge >= 0.3 is 0 Å². The molecule has 1 aromatic carbocycles. The highest BCUT2D eigenvalue weighted by Crippen LogP contribution is 2.19. The summed E-state index contributed by atoms with van der Waals surface area (Å²) >= 11 is 0. The van der Waals surface area contributed by atoms with Crippen LogP contribution in [0, 0.1) is 24.5 Å². The van der Waals surface area contributed by atoms with Gasteiger partial charge in [-0.3, -0.25) is 4.79 Å². The summed E-state index contributed by atoms with van der Waals surface area (Å²) in [7, 11) is 1.68. The molecule has 8 heteroatoms. The minimum absolute atomic E-state index is 0.173. The number of hydrogen-bond donors (Lipinski definition) is 1. The molecule has 1 aromatic heterocycles. The zero-order chi connectivity index (χ0) is 19.4. The number of carbonyl (C=O) groups excluding carboxylic acids is 1. The number of benzene rings is 1. The minimum Gasteiger partial charge on any atom is -0.383 e. The number of ether oxygens (including phenoxy) is 1. The van der Waals surface area contributed by atoms with E-state index < -0.39 is 11.6 Å². The van der Waals surface area contributed by atoms with Gasteiger partial charge in [0.2, 0.25) is 0 Å². The van der Waals surface area contributed by atoms with Crippen molar-refractivity contribution in [2.45, 2.75) is 13.3 Å². The maximum Gasteiger partial charge on any atom is 0.272 e. The molecule has 3 rings (SSSR count). The fourth-order valence-electron chi connectivity index (χ4n) is 3.33. The molecule has 2 heterocycles. The van der Waals surface area contributed by atoms with Crippen molar-refractivity contribution in [1.29, 1.82) is 0 Å². The first-order chi connectivity index (χ1) is 13.0. The highest BCUT2D eigenvalue weighted by atomic mass is 19.1. The molecule has 1 aliphatic heterocycles. The maximum absolute atomic E-state index is 13.9. The number of nitrogens with one attached hydrogen (secondary N) is 1. The Morgan fingerprint density at radius 2 is 2.11 bits per heavy atom. The Kier molecular flexibility index (Phi) is 6.18. The molecular formula is C19H24F2N4O2. The van der Waals surface area contributed by atoms with Crippen molar-refractivity contribution in [3.63, 3.8) is 0 Å². The van der Waals surface area contributed by atoms with Crippen LogP contribution in [0.4, 0.5) is 8.78 Å². The molecule has 146 valence electrons. The molecule has 1 N–H and O–H groups in total. The van der Waals surface area contributed by atoms with E-state index in [0.717, 1.165) is 42.9 Å². The molecule has 1 unspecified atom stereocenters. The number of aromatic nitrogens is 2. The van der Waals surface area contributed by atoms with E-state index in [4.69, 9.17) is 4.74 Å². The summed E-state index contributed by atoms with van der Waals surface area (Å²) in [5.41, 5.74) is 0.444. The van der Waals surface area contributed by atoms with Crippen LogP contribution in [0.25, 0.3) is 5.69 Å². The number of aryl methyl sites for hydroxylation is 1. The molecule has 1 fully saturated rings. The second-order valence-corrected chi connectivity index (χ2v) is 6.83. The minimum atomic E-state index is -0.730. The molecule has 6 nitrogen and oxygen atoms in total. The summed E-state index contributed by atoms with van der Waals surface area (Å²) in [4.78, 5) is 14.8. The van der Waals surface area contributed by atoms with Gasteiger partial charge in [0, 0.05) is 38.5 Å². The molecule has 0 saturated carbocycles. The number of likely N-dealkylation sites (tertiary alicyclic amines) is 1. The molecular weight excluding hydrogens is 354 g/mol. The molecule has 0 spiro atoms. The highest BCUT2D eigenvalue weighted by Gasteiger charge is 2.24. The van der Waals surface area contributed by atoms with Gasteiger partial charge in [0.25, 0.3) is 5.91 Å². The van der Waals surface area contributed by atoms with Crippen molar-refractivity contribution < 1.29 is 18.3 Å². The number of carbonyl (C=O) groups is 1. The van der Waals surface area contributed by atoms with Gasteiger partial charge in [-0.25, -0.2) is 13.5 Å². The first-order valence-corrected chi connectivity index (χ1v) is 8.99. The van der Waals surface area contributed by atoms with Crippen LogP contribution in [-0.2, 0) is 4.74 Å². The van der Waals surface area contributed by atoms with E-state index in [2.05, 4.69) is 15.3 Å². The van der Waals surface area contributed by atoms with Crippen LogP contribution in [0.3, 0.4) is 0 Å². The molecule has 27 heavy (non-hydrogen) atoms. The van der Waals surface area contributed by atoms with Crippen molar-refractivity contribution in [3.8, 4) is 5.69 Å². The molecule has 2 aromatic rings. The lowest BCUT2D eigenvalue weighted by atomic mass is 10.1. The molecule has 0 radical (unpaired) electrons. The lowest BCUT2D eigenvalue weighted by Gasteiger charge is -2.15. The lowest BCUT2D eigenvalue weighted by Crippen LogP contribution is -2.32. The van der Waals surface area contributed by atoms with Crippen molar-refractivity contribution in [2.24, 2.45) is 5.92 Å². The van der Waals surface area contributed by atoms with Crippen LogP contribution in [0.1, 0.15) is 22.5 Å². The summed E-state index contributed by atoms with van der Waals surface area (Å²) in [5.74, 6) is -1.42. The van der Waals surface area contributed by atoms with Gasteiger partial charge in [-0.1, -0.05) is 6.07 Å². The Labute approximate surface area is 157 Å². The normalized spacial score (nSPS) is 17.4. The van der Waals surface area contributed by atoms with Crippen molar-refractivity contribution in [2.75, 3.05) is 39.9 Å². The van der Waals surface area contributed by atoms with Crippen LogP contribution in [-0.4, -0.2) is 60.5 Å². The Hall–Kier alpha value is -2.32. The topological polar surface area (TPSA) is 59.4 Å². The van der Waals surface area contributed by atoms with E-state index in [0.29, 0.717) is 24.6 Å². The van der Waals surface area contributed by atoms with E-state index in [1.807, 2.05) is 0 Å². The van der Waals surface area contributed by atoms with Gasteiger partial charge in [0.05, 0.1) is 6.61 Å². The van der Waals surface area contributed by atoms with E-state index >= 15 is 0 Å². The summed E-state index contributed by atoms with van der Waals surface area (Å²) in [5, 5.41) is 6.99. The maximum atomic E-state index is 13.9. The van der Waals surface area contributed by atoms with Crippen molar-refractivity contribution in [3.05, 3.63) is 47.3 Å². The van der Waals surface area contributed by atoms with E-state index in [-0.39, 0.29) is 17.3 Å². The molecule has 0 bridgehead atoms. The first-order valence-electron chi connectivity index (χ1n) is 8.99. The monoisotopic (exact) mass is 378 g/mol. The largest absolute Gasteiger partial charge is 0.383 e. The standard InChI is InChI=1S/C19H24F2N4O2/c1-13-11-25(18-15(20)4-3-5-16(18)21)23-17(13)19(26)22-10-14-6-7-24(12-14)8-9-27-2/h3-5,11,14H,6-10,12H2,1-2H3,(H,22,26). The smallest absolute Gasteiger partial charge is 0.272 e. The summed E-state index contributed by atoms with van der Waals surface area (Å²) in [6.07, 6.45) is 2.47. The van der Waals surface area contributed by atoms with Gasteiger partial charge in [0.1, 0.15) is 5.69 Å². The Morgan fingerprint density at radius 3 is 2.81 bits per heavy atom. The first kappa shape index (κ1) is 19.4. The number of amides is 1. The quantitative estimate of drug-likeness (QED) is 0.802. The van der Waals surface area contributed by atoms with E-state index in [1.54, 1.807) is 14.0 Å². The third-order valence-corrected chi connectivity index (χ3v) is 4.81. The lowest BCUT2D eigenvalue weighted by molar-refractivity contribution is 0.0940. The molecule has 1 amide bonds. The van der Waals surface area contributed by atoms with E-state index in [1.165, 1.54) is 12.3 Å². The number of nitrogens with zero attached hydrogens (tertiary/aromatic N) is 3. The zero-order valence-electron chi connectivity index (χ0n) is 15.5. The number of rotatable bonds is 7. The average Bonchev–Trinajstić information content (AvgIpc) is 3.24. The van der Waals surface area contributed by atoms with Gasteiger partial charge in [-0.2, -0.15) is 5.10 Å². The average molecular weight is 378 g/mol. The predicted octanol–water partition coefficient (Wildman–Crippen LogP) is 2.16. The molecule has 1 saturated heterocycles. The SMILES string of the molecule is COCCN1CCC(CNC(=O)c2nn(-c3c(F)cccc3F)cc2C)C1. The molecule has 1 aliphatic rings.